The first-order valence-corrected chi connectivity index (χ1v) is 7.67. The van der Waals surface area contributed by atoms with Crippen LogP contribution in [0.2, 0.25) is 0 Å². The number of rotatable bonds is 4. The molecule has 0 saturated heterocycles. The molecule has 0 unspecified atom stereocenters. The molecule has 0 bridgehead atoms. The molecule has 0 spiro atoms. The Morgan fingerprint density at radius 3 is 1.96 bits per heavy atom. The Labute approximate surface area is 136 Å². The highest BCUT2D eigenvalue weighted by molar-refractivity contribution is 6.32. The number of hydrogen-bond acceptors (Lipinski definition) is 1. The lowest BCUT2D eigenvalue weighted by Gasteiger charge is -2.08. The Hall–Kier alpha value is -2.93. The number of allylic oxidation sites excluding steroid dienone is 1. The summed E-state index contributed by atoms with van der Waals surface area (Å²) in [6.45, 7) is 2.05. The van der Waals surface area contributed by atoms with Gasteiger partial charge in [0.05, 0.1) is 0 Å². The van der Waals surface area contributed by atoms with Gasteiger partial charge in [-0.2, -0.15) is 0 Å². The fourth-order valence-electron chi connectivity index (χ4n) is 2.57. The van der Waals surface area contributed by atoms with Gasteiger partial charge < -0.3 is 0 Å². The van der Waals surface area contributed by atoms with Crippen LogP contribution in [0.5, 0.6) is 0 Å². The first kappa shape index (κ1) is 15.0. The van der Waals surface area contributed by atoms with Crippen molar-refractivity contribution in [2.24, 2.45) is 0 Å². The molecule has 0 aliphatic rings. The van der Waals surface area contributed by atoms with Crippen LogP contribution in [0.15, 0.2) is 84.9 Å². The number of Topliss-reactive ketones (excluding diaryl/α,β-unsaturated/α-hetero) is 1. The van der Waals surface area contributed by atoms with Crippen molar-refractivity contribution < 1.29 is 4.79 Å². The van der Waals surface area contributed by atoms with Crippen LogP contribution in [0.25, 0.3) is 11.6 Å². The van der Waals surface area contributed by atoms with E-state index in [1.54, 1.807) is 0 Å². The van der Waals surface area contributed by atoms with Gasteiger partial charge in [0.2, 0.25) is 0 Å². The third kappa shape index (κ3) is 3.64. The molecule has 0 saturated carbocycles. The normalized spacial score (nSPS) is 11.3. The maximum absolute atomic E-state index is 13.0. The van der Waals surface area contributed by atoms with E-state index < -0.39 is 0 Å². The van der Waals surface area contributed by atoms with Crippen molar-refractivity contribution in [3.05, 3.63) is 107 Å². The topological polar surface area (TPSA) is 17.1 Å². The minimum Gasteiger partial charge on any atom is -0.289 e. The second kappa shape index (κ2) is 6.89. The molecule has 3 aromatic carbocycles. The van der Waals surface area contributed by atoms with Crippen molar-refractivity contribution in [2.45, 2.75) is 6.92 Å². The average Bonchev–Trinajstić information content (AvgIpc) is 2.61. The summed E-state index contributed by atoms with van der Waals surface area (Å²) in [5, 5.41) is 0. The zero-order valence-electron chi connectivity index (χ0n) is 13.1. The predicted octanol–water partition coefficient (Wildman–Crippen LogP) is 5.42. The van der Waals surface area contributed by atoms with Crippen molar-refractivity contribution in [1.82, 2.24) is 0 Å². The molecule has 0 fully saturated rings. The quantitative estimate of drug-likeness (QED) is 0.357. The van der Waals surface area contributed by atoms with Crippen LogP contribution >= 0.6 is 0 Å². The SMILES string of the molecule is Cc1cccc(/C=C(/C(=O)c2ccccc2)c2ccccc2)c1. The molecule has 0 aromatic heterocycles. The lowest BCUT2D eigenvalue weighted by Crippen LogP contribution is -2.02. The molecule has 3 aromatic rings. The molecule has 1 nitrogen and oxygen atoms in total. The zero-order chi connectivity index (χ0) is 16.1. The molecule has 0 amide bonds. The number of benzene rings is 3. The molecule has 0 atom stereocenters. The highest BCUT2D eigenvalue weighted by atomic mass is 16.1. The van der Waals surface area contributed by atoms with E-state index >= 15 is 0 Å². The maximum atomic E-state index is 13.0. The van der Waals surface area contributed by atoms with Gasteiger partial charge in [-0.15, -0.1) is 0 Å². The molecular weight excluding hydrogens is 280 g/mol. The van der Waals surface area contributed by atoms with Crippen LogP contribution in [0, 0.1) is 6.92 Å². The monoisotopic (exact) mass is 298 g/mol. The molecule has 1 heteroatoms. The van der Waals surface area contributed by atoms with Gasteiger partial charge in [-0.05, 0) is 24.1 Å². The number of aryl methyl sites for hydroxylation is 1. The van der Waals surface area contributed by atoms with Gasteiger partial charge in [-0.1, -0.05) is 90.5 Å². The summed E-state index contributed by atoms with van der Waals surface area (Å²) < 4.78 is 0. The second-order valence-corrected chi connectivity index (χ2v) is 5.53. The molecule has 0 aliphatic heterocycles. The molecular formula is C22H18O. The Bertz CT molecular complexity index is 830. The van der Waals surface area contributed by atoms with Gasteiger partial charge in [-0.25, -0.2) is 0 Å². The van der Waals surface area contributed by atoms with Crippen LogP contribution in [-0.2, 0) is 0 Å². The van der Waals surface area contributed by atoms with E-state index in [0.717, 1.165) is 11.1 Å². The van der Waals surface area contributed by atoms with Crippen LogP contribution in [0.4, 0.5) is 0 Å². The molecule has 0 radical (unpaired) electrons. The smallest absolute Gasteiger partial charge is 0.193 e. The second-order valence-electron chi connectivity index (χ2n) is 5.53. The first-order valence-electron chi connectivity index (χ1n) is 7.67. The summed E-state index contributed by atoms with van der Waals surface area (Å²) in [6, 6.07) is 27.4. The molecule has 23 heavy (non-hydrogen) atoms. The number of ketones is 1. The summed E-state index contributed by atoms with van der Waals surface area (Å²) >= 11 is 0. The zero-order valence-corrected chi connectivity index (χ0v) is 13.1. The Morgan fingerprint density at radius 2 is 1.35 bits per heavy atom. The van der Waals surface area contributed by atoms with Crippen molar-refractivity contribution in [2.75, 3.05) is 0 Å². The van der Waals surface area contributed by atoms with Gasteiger partial charge in [0.25, 0.3) is 0 Å². The Kier molecular flexibility index (Phi) is 4.49. The first-order chi connectivity index (χ1) is 11.2. The minimum atomic E-state index is 0.0401. The minimum absolute atomic E-state index is 0.0401. The van der Waals surface area contributed by atoms with E-state index in [9.17, 15) is 4.79 Å². The van der Waals surface area contributed by atoms with E-state index in [-0.39, 0.29) is 5.78 Å². The van der Waals surface area contributed by atoms with Crippen LogP contribution in [0.3, 0.4) is 0 Å². The van der Waals surface area contributed by atoms with Gasteiger partial charge in [0.1, 0.15) is 0 Å². The van der Waals surface area contributed by atoms with Gasteiger partial charge >= 0.3 is 0 Å². The van der Waals surface area contributed by atoms with E-state index in [4.69, 9.17) is 0 Å². The van der Waals surface area contributed by atoms with Gasteiger partial charge in [-0.3, -0.25) is 4.79 Å². The highest BCUT2D eigenvalue weighted by Gasteiger charge is 2.14. The van der Waals surface area contributed by atoms with E-state index in [0.29, 0.717) is 11.1 Å². The average molecular weight is 298 g/mol. The largest absolute Gasteiger partial charge is 0.289 e. The number of carbonyl (C=O) groups is 1. The Morgan fingerprint density at radius 1 is 0.739 bits per heavy atom. The lowest BCUT2D eigenvalue weighted by atomic mass is 9.94. The van der Waals surface area contributed by atoms with Crippen molar-refractivity contribution in [1.29, 1.82) is 0 Å². The number of carbonyl (C=O) groups excluding carboxylic acids is 1. The third-order valence-electron chi connectivity index (χ3n) is 3.72. The maximum Gasteiger partial charge on any atom is 0.193 e. The number of hydrogen-bond donors (Lipinski definition) is 0. The summed E-state index contributed by atoms with van der Waals surface area (Å²) in [6.07, 6.45) is 1.97. The molecule has 0 aliphatic carbocycles. The van der Waals surface area contributed by atoms with Gasteiger partial charge in [0.15, 0.2) is 5.78 Å². The lowest BCUT2D eigenvalue weighted by molar-refractivity contribution is 0.105. The third-order valence-corrected chi connectivity index (χ3v) is 3.72. The summed E-state index contributed by atoms with van der Waals surface area (Å²) in [7, 11) is 0. The predicted molar refractivity (Wildman–Crippen MR) is 96.3 cm³/mol. The van der Waals surface area contributed by atoms with Crippen LogP contribution in [0.1, 0.15) is 27.0 Å². The summed E-state index contributed by atoms with van der Waals surface area (Å²) in [4.78, 5) is 13.0. The molecule has 112 valence electrons. The van der Waals surface area contributed by atoms with Crippen molar-refractivity contribution >= 4 is 17.4 Å². The van der Waals surface area contributed by atoms with E-state index in [1.165, 1.54) is 5.56 Å². The van der Waals surface area contributed by atoms with Crippen LogP contribution < -0.4 is 0 Å². The summed E-state index contributed by atoms with van der Waals surface area (Å²) in [5.74, 6) is 0.0401. The highest BCUT2D eigenvalue weighted by Crippen LogP contribution is 2.23. The fourth-order valence-corrected chi connectivity index (χ4v) is 2.57. The van der Waals surface area contributed by atoms with Gasteiger partial charge in [0, 0.05) is 11.1 Å². The summed E-state index contributed by atoms with van der Waals surface area (Å²) in [5.41, 5.74) is 4.56. The van der Waals surface area contributed by atoms with E-state index in [2.05, 4.69) is 19.1 Å². The molecule has 0 heterocycles. The standard InChI is InChI=1S/C22H18O/c1-17-9-8-10-18(15-17)16-21(19-11-4-2-5-12-19)22(23)20-13-6-3-7-14-20/h2-16H,1H3/b21-16+. The van der Waals surface area contributed by atoms with E-state index in [1.807, 2.05) is 78.9 Å². The molecule has 3 rings (SSSR count). The van der Waals surface area contributed by atoms with Crippen molar-refractivity contribution in [3.8, 4) is 0 Å². The Balaban J connectivity index is 2.10. The van der Waals surface area contributed by atoms with Crippen molar-refractivity contribution in [3.63, 3.8) is 0 Å². The molecule has 0 N–H and O–H groups in total. The fraction of sp³-hybridized carbons (Fsp3) is 0.0455. The van der Waals surface area contributed by atoms with Crippen LogP contribution in [-0.4, -0.2) is 5.78 Å².